The Kier molecular flexibility index (Phi) is 5.14. The lowest BCUT2D eigenvalue weighted by Gasteiger charge is -2.19. The molecule has 130 valence electrons. The molecule has 0 fully saturated rings. The van der Waals surface area contributed by atoms with Crippen LogP contribution in [0.2, 0.25) is 0 Å². The number of benzene rings is 2. The molecule has 1 N–H and O–H groups in total. The third-order valence-electron chi connectivity index (χ3n) is 3.78. The first-order chi connectivity index (χ1) is 12.1. The largest absolute Gasteiger partial charge is 0.497 e. The van der Waals surface area contributed by atoms with Gasteiger partial charge in [0.1, 0.15) is 18.1 Å². The first kappa shape index (κ1) is 17.2. The lowest BCUT2D eigenvalue weighted by Crippen LogP contribution is -2.31. The van der Waals surface area contributed by atoms with Gasteiger partial charge in [0, 0.05) is 6.54 Å². The second-order valence-electron chi connectivity index (χ2n) is 5.50. The van der Waals surface area contributed by atoms with Crippen molar-refractivity contribution in [2.24, 2.45) is 0 Å². The maximum atomic E-state index is 13.9. The number of carboxylic acids is 1. The van der Waals surface area contributed by atoms with Crippen LogP contribution >= 0.6 is 11.3 Å². The Hall–Kier alpha value is -2.67. The lowest BCUT2D eigenvalue weighted by atomic mass is 10.1. The SMILES string of the molecule is COc1ccc(CCN(CC(=O)O)c2nc3cccc(F)c3s2)cc1. The van der Waals surface area contributed by atoms with Gasteiger partial charge in [0.15, 0.2) is 5.13 Å². The van der Waals surface area contributed by atoms with Crippen molar-refractivity contribution in [3.8, 4) is 5.75 Å². The molecular weight excluding hydrogens is 343 g/mol. The highest BCUT2D eigenvalue weighted by Crippen LogP contribution is 2.30. The van der Waals surface area contributed by atoms with Gasteiger partial charge in [-0.2, -0.15) is 0 Å². The standard InChI is InChI=1S/C18H17FN2O3S/c1-24-13-7-5-12(6-8-13)9-10-21(11-16(22)23)18-20-15-4-2-3-14(19)17(15)25-18/h2-8H,9-11H2,1H3,(H,22,23). The number of halogens is 1. The highest BCUT2D eigenvalue weighted by molar-refractivity contribution is 7.22. The van der Waals surface area contributed by atoms with E-state index >= 15 is 0 Å². The lowest BCUT2D eigenvalue weighted by molar-refractivity contribution is -0.135. The summed E-state index contributed by atoms with van der Waals surface area (Å²) < 4.78 is 19.4. The number of aliphatic carboxylic acids is 1. The van der Waals surface area contributed by atoms with Gasteiger partial charge >= 0.3 is 5.97 Å². The van der Waals surface area contributed by atoms with Crippen molar-refractivity contribution < 1.29 is 19.0 Å². The smallest absolute Gasteiger partial charge is 0.323 e. The van der Waals surface area contributed by atoms with Gasteiger partial charge in [0.2, 0.25) is 0 Å². The minimum atomic E-state index is -0.950. The molecule has 1 aromatic heterocycles. The van der Waals surface area contributed by atoms with Crippen LogP contribution in [0.4, 0.5) is 9.52 Å². The molecule has 5 nitrogen and oxygen atoms in total. The number of anilines is 1. The Morgan fingerprint density at radius 3 is 2.68 bits per heavy atom. The Labute approximate surface area is 148 Å². The second kappa shape index (κ2) is 7.48. The fourth-order valence-corrected chi connectivity index (χ4v) is 3.50. The third-order valence-corrected chi connectivity index (χ3v) is 4.92. The maximum Gasteiger partial charge on any atom is 0.323 e. The molecule has 3 rings (SSSR count). The highest BCUT2D eigenvalue weighted by atomic mass is 32.1. The van der Waals surface area contributed by atoms with Crippen LogP contribution in [0.15, 0.2) is 42.5 Å². The zero-order valence-corrected chi connectivity index (χ0v) is 14.4. The monoisotopic (exact) mass is 360 g/mol. The fourth-order valence-electron chi connectivity index (χ4n) is 2.50. The van der Waals surface area contributed by atoms with Crippen molar-refractivity contribution in [3.05, 3.63) is 53.8 Å². The minimum Gasteiger partial charge on any atom is -0.497 e. The Balaban J connectivity index is 1.80. The molecule has 0 spiro atoms. The summed E-state index contributed by atoms with van der Waals surface area (Å²) in [5.41, 5.74) is 1.60. The Bertz CT molecular complexity index is 880. The van der Waals surface area contributed by atoms with Crippen LogP contribution in [0.5, 0.6) is 5.75 Å². The van der Waals surface area contributed by atoms with E-state index in [0.29, 0.717) is 28.3 Å². The summed E-state index contributed by atoms with van der Waals surface area (Å²) in [7, 11) is 1.61. The molecular formula is C18H17FN2O3S. The number of ether oxygens (including phenoxy) is 1. The van der Waals surface area contributed by atoms with E-state index in [1.807, 2.05) is 24.3 Å². The highest BCUT2D eigenvalue weighted by Gasteiger charge is 2.17. The van der Waals surface area contributed by atoms with Crippen molar-refractivity contribution in [1.82, 2.24) is 4.98 Å². The van der Waals surface area contributed by atoms with Crippen LogP contribution < -0.4 is 9.64 Å². The molecule has 0 saturated heterocycles. The van der Waals surface area contributed by atoms with Gasteiger partial charge < -0.3 is 14.7 Å². The number of hydrogen-bond acceptors (Lipinski definition) is 5. The average Bonchev–Trinajstić information content (AvgIpc) is 3.04. The van der Waals surface area contributed by atoms with Gasteiger partial charge in [-0.1, -0.05) is 29.5 Å². The number of rotatable bonds is 7. The van der Waals surface area contributed by atoms with Gasteiger partial charge in [0.05, 0.1) is 17.3 Å². The van der Waals surface area contributed by atoms with E-state index in [1.54, 1.807) is 24.1 Å². The Morgan fingerprint density at radius 2 is 2.04 bits per heavy atom. The van der Waals surface area contributed by atoms with Crippen LogP contribution in [-0.4, -0.2) is 36.3 Å². The molecule has 0 saturated carbocycles. The topological polar surface area (TPSA) is 62.7 Å². The first-order valence-corrected chi connectivity index (χ1v) is 8.53. The first-order valence-electron chi connectivity index (χ1n) is 7.71. The Morgan fingerprint density at radius 1 is 1.28 bits per heavy atom. The molecule has 3 aromatic rings. The zero-order chi connectivity index (χ0) is 17.8. The summed E-state index contributed by atoms with van der Waals surface area (Å²) in [6.07, 6.45) is 0.648. The van der Waals surface area contributed by atoms with Gasteiger partial charge in [-0.15, -0.1) is 0 Å². The number of nitrogens with zero attached hydrogens (tertiary/aromatic N) is 2. The minimum absolute atomic E-state index is 0.183. The van der Waals surface area contributed by atoms with E-state index < -0.39 is 5.97 Å². The van der Waals surface area contributed by atoms with Gasteiger partial charge in [-0.25, -0.2) is 9.37 Å². The molecule has 0 radical (unpaired) electrons. The van der Waals surface area contributed by atoms with Crippen molar-refractivity contribution in [1.29, 1.82) is 0 Å². The van der Waals surface area contributed by atoms with Crippen LogP contribution in [0, 0.1) is 5.82 Å². The molecule has 2 aromatic carbocycles. The molecule has 0 atom stereocenters. The molecule has 0 aliphatic carbocycles. The molecule has 0 amide bonds. The number of aromatic nitrogens is 1. The summed E-state index contributed by atoms with van der Waals surface area (Å²) in [5.74, 6) is -0.520. The van der Waals surface area contributed by atoms with Crippen molar-refractivity contribution in [2.45, 2.75) is 6.42 Å². The number of hydrogen-bond donors (Lipinski definition) is 1. The number of methoxy groups -OCH3 is 1. The molecule has 0 aliphatic heterocycles. The number of thiazole rings is 1. The van der Waals surface area contributed by atoms with E-state index in [0.717, 1.165) is 11.3 Å². The summed E-state index contributed by atoms with van der Waals surface area (Å²) in [6, 6.07) is 12.3. The quantitative estimate of drug-likeness (QED) is 0.698. The molecule has 7 heteroatoms. The van der Waals surface area contributed by atoms with E-state index in [1.165, 1.54) is 17.4 Å². The van der Waals surface area contributed by atoms with E-state index in [4.69, 9.17) is 4.74 Å². The van der Waals surface area contributed by atoms with Gasteiger partial charge in [-0.3, -0.25) is 4.79 Å². The number of carboxylic acid groups (broad SMARTS) is 1. The average molecular weight is 360 g/mol. The summed E-state index contributed by atoms with van der Waals surface area (Å²) >= 11 is 1.17. The second-order valence-corrected chi connectivity index (χ2v) is 6.48. The molecule has 25 heavy (non-hydrogen) atoms. The predicted molar refractivity (Wildman–Crippen MR) is 96.1 cm³/mol. The summed E-state index contributed by atoms with van der Waals surface area (Å²) in [6.45, 7) is 0.289. The normalized spacial score (nSPS) is 10.8. The predicted octanol–water partition coefficient (Wildman–Crippen LogP) is 3.58. The maximum absolute atomic E-state index is 13.9. The van der Waals surface area contributed by atoms with Gasteiger partial charge in [0.25, 0.3) is 0 Å². The van der Waals surface area contributed by atoms with Crippen molar-refractivity contribution in [3.63, 3.8) is 0 Å². The van der Waals surface area contributed by atoms with E-state index in [-0.39, 0.29) is 12.4 Å². The zero-order valence-electron chi connectivity index (χ0n) is 13.6. The van der Waals surface area contributed by atoms with Crippen LogP contribution in [0.1, 0.15) is 5.56 Å². The molecule has 1 heterocycles. The summed E-state index contributed by atoms with van der Waals surface area (Å²) in [5, 5.41) is 9.69. The van der Waals surface area contributed by atoms with Crippen LogP contribution in [0.25, 0.3) is 10.2 Å². The molecule has 0 aliphatic rings. The van der Waals surface area contributed by atoms with E-state index in [2.05, 4.69) is 4.98 Å². The number of carbonyl (C=O) groups is 1. The number of fused-ring (bicyclic) bond motifs is 1. The molecule has 0 bridgehead atoms. The van der Waals surface area contributed by atoms with Crippen LogP contribution in [0.3, 0.4) is 0 Å². The van der Waals surface area contributed by atoms with E-state index in [9.17, 15) is 14.3 Å². The van der Waals surface area contributed by atoms with Crippen LogP contribution in [-0.2, 0) is 11.2 Å². The fraction of sp³-hybridized carbons (Fsp3) is 0.222. The third kappa shape index (κ3) is 4.06. The van der Waals surface area contributed by atoms with Crippen molar-refractivity contribution >= 4 is 32.7 Å². The molecule has 0 unspecified atom stereocenters. The van der Waals surface area contributed by atoms with Gasteiger partial charge in [-0.05, 0) is 36.2 Å². The summed E-state index contributed by atoms with van der Waals surface area (Å²) in [4.78, 5) is 17.3. The van der Waals surface area contributed by atoms with Crippen molar-refractivity contribution in [2.75, 3.05) is 25.1 Å².